The van der Waals surface area contributed by atoms with Crippen LogP contribution in [0.15, 0.2) is 18.2 Å². The van der Waals surface area contributed by atoms with E-state index in [1.54, 1.807) is 4.90 Å². The number of carbonyl (C=O) groups is 2. The monoisotopic (exact) mass is 375 g/mol. The summed E-state index contributed by atoms with van der Waals surface area (Å²) in [6.07, 6.45) is 1.16. The normalized spacial score (nSPS) is 19.2. The number of anilines is 1. The van der Waals surface area contributed by atoms with Crippen LogP contribution < -0.4 is 15.4 Å². The first kappa shape index (κ1) is 19.8. The number of rotatable bonds is 8. The maximum atomic E-state index is 13.2. The number of hydrogen-bond acceptors (Lipinski definition) is 4. The lowest BCUT2D eigenvalue weighted by molar-refractivity contribution is -0.139. The van der Waals surface area contributed by atoms with Crippen LogP contribution in [0.4, 0.5) is 23.7 Å². The average Bonchev–Trinajstić information content (AvgIpc) is 2.50. The lowest BCUT2D eigenvalue weighted by Crippen LogP contribution is -2.55. The van der Waals surface area contributed by atoms with Gasteiger partial charge in [-0.15, -0.1) is 0 Å². The minimum atomic E-state index is -3.15. The van der Waals surface area contributed by atoms with Gasteiger partial charge in [-0.25, -0.2) is 9.18 Å². The highest BCUT2D eigenvalue weighted by Gasteiger charge is 2.34. The molecule has 0 radical (unpaired) electrons. The minimum Gasteiger partial charge on any atom is -0.480 e. The van der Waals surface area contributed by atoms with Gasteiger partial charge in [0.1, 0.15) is 5.82 Å². The zero-order valence-corrected chi connectivity index (χ0v) is 14.0. The first-order valence-corrected chi connectivity index (χ1v) is 8.06. The summed E-state index contributed by atoms with van der Waals surface area (Å²) in [7, 11) is 0. The molecule has 1 aromatic rings. The molecule has 1 aromatic carbocycles. The van der Waals surface area contributed by atoms with E-state index in [0.717, 1.165) is 18.2 Å². The first-order chi connectivity index (χ1) is 12.3. The van der Waals surface area contributed by atoms with Gasteiger partial charge in [0.25, 0.3) is 0 Å². The Labute approximate surface area is 148 Å². The Hall–Kier alpha value is -2.49. The lowest BCUT2D eigenvalue weighted by Gasteiger charge is -2.42. The number of nitrogens with zero attached hydrogens (tertiary/aromatic N) is 1. The van der Waals surface area contributed by atoms with Gasteiger partial charge in [0, 0.05) is 18.2 Å². The van der Waals surface area contributed by atoms with Gasteiger partial charge in [0.05, 0.1) is 12.2 Å². The summed E-state index contributed by atoms with van der Waals surface area (Å²) >= 11 is 0. The number of carbonyl (C=O) groups excluding carboxylic acids is 1. The molecule has 26 heavy (non-hydrogen) atoms. The third kappa shape index (κ3) is 5.51. The van der Waals surface area contributed by atoms with Crippen molar-refractivity contribution in [2.45, 2.75) is 38.5 Å². The van der Waals surface area contributed by atoms with Crippen molar-refractivity contribution in [1.82, 2.24) is 10.2 Å². The average molecular weight is 375 g/mol. The van der Waals surface area contributed by atoms with Crippen LogP contribution in [0, 0.1) is 5.82 Å². The molecule has 10 heteroatoms. The van der Waals surface area contributed by atoms with Crippen LogP contribution in [0.3, 0.4) is 0 Å². The Morgan fingerprint density at radius 2 is 2.08 bits per heavy atom. The predicted molar refractivity (Wildman–Crippen MR) is 86.9 cm³/mol. The van der Waals surface area contributed by atoms with Crippen molar-refractivity contribution >= 4 is 17.7 Å². The second kappa shape index (κ2) is 8.75. The van der Waals surface area contributed by atoms with E-state index in [1.165, 1.54) is 0 Å². The number of likely N-dealkylation sites (N-methyl/N-ethyl adjacent to an activating group) is 1. The molecule has 0 unspecified atom stereocenters. The summed E-state index contributed by atoms with van der Waals surface area (Å²) < 4.78 is 42.1. The Bertz CT molecular complexity index is 654. The molecule has 3 N–H and O–H groups in total. The van der Waals surface area contributed by atoms with E-state index in [-0.39, 0.29) is 24.3 Å². The zero-order valence-electron chi connectivity index (χ0n) is 14.0. The number of halogens is 3. The van der Waals surface area contributed by atoms with Crippen molar-refractivity contribution < 1.29 is 32.6 Å². The molecule has 0 bridgehead atoms. The van der Waals surface area contributed by atoms with Crippen molar-refractivity contribution in [2.75, 3.05) is 18.4 Å². The standard InChI is InChI=1S/C16H20F3N3O4/c1-2-22(8-14(23)24)11-6-10(7-11)20-16(25)21-12-4-3-9(17)5-13(12)26-15(18)19/h3-5,10-11,15H,2,6-8H2,1H3,(H,23,24)(H2,20,21,25). The zero-order chi connectivity index (χ0) is 19.3. The first-order valence-electron chi connectivity index (χ1n) is 8.06. The number of amides is 2. The van der Waals surface area contributed by atoms with Crippen LogP contribution >= 0.6 is 0 Å². The van der Waals surface area contributed by atoms with E-state index >= 15 is 0 Å². The van der Waals surface area contributed by atoms with Crippen LogP contribution in [0.1, 0.15) is 19.8 Å². The lowest BCUT2D eigenvalue weighted by atomic mass is 9.85. The second-order valence-electron chi connectivity index (χ2n) is 5.90. The maximum Gasteiger partial charge on any atom is 0.387 e. The van der Waals surface area contributed by atoms with Crippen molar-refractivity contribution in [1.29, 1.82) is 0 Å². The SMILES string of the molecule is CCN(CC(=O)O)C1CC(NC(=O)Nc2ccc(F)cc2OC(F)F)C1. The number of carboxylic acids is 1. The number of benzene rings is 1. The van der Waals surface area contributed by atoms with E-state index in [2.05, 4.69) is 15.4 Å². The van der Waals surface area contributed by atoms with Gasteiger partial charge < -0.3 is 20.5 Å². The minimum absolute atomic E-state index is 0.0601. The molecule has 7 nitrogen and oxygen atoms in total. The highest BCUT2D eigenvalue weighted by Crippen LogP contribution is 2.28. The molecule has 1 fully saturated rings. The summed E-state index contributed by atoms with van der Waals surface area (Å²) in [5, 5.41) is 13.9. The van der Waals surface area contributed by atoms with E-state index in [4.69, 9.17) is 5.11 Å². The van der Waals surface area contributed by atoms with Gasteiger partial charge in [-0.05, 0) is 31.5 Å². The second-order valence-corrected chi connectivity index (χ2v) is 5.90. The van der Waals surface area contributed by atoms with E-state index < -0.39 is 30.2 Å². The Morgan fingerprint density at radius 1 is 1.38 bits per heavy atom. The van der Waals surface area contributed by atoms with Gasteiger partial charge in [-0.3, -0.25) is 9.69 Å². The molecule has 2 rings (SSSR count). The summed E-state index contributed by atoms with van der Waals surface area (Å²) in [5.41, 5.74) is -0.0823. The molecule has 0 saturated heterocycles. The van der Waals surface area contributed by atoms with Gasteiger partial charge in [-0.1, -0.05) is 6.92 Å². The molecule has 0 spiro atoms. The number of nitrogens with one attached hydrogen (secondary N) is 2. The summed E-state index contributed by atoms with van der Waals surface area (Å²) in [6, 6.07) is 2.15. The largest absolute Gasteiger partial charge is 0.480 e. The van der Waals surface area contributed by atoms with Crippen LogP contribution in [0.5, 0.6) is 5.75 Å². The van der Waals surface area contributed by atoms with Gasteiger partial charge >= 0.3 is 18.6 Å². The summed E-state index contributed by atoms with van der Waals surface area (Å²) in [4.78, 5) is 24.6. The maximum absolute atomic E-state index is 13.2. The topological polar surface area (TPSA) is 90.9 Å². The number of hydrogen-bond donors (Lipinski definition) is 3. The number of ether oxygens (including phenoxy) is 1. The number of alkyl halides is 2. The fourth-order valence-electron chi connectivity index (χ4n) is 2.81. The van der Waals surface area contributed by atoms with Crippen LogP contribution in [0.2, 0.25) is 0 Å². The Kier molecular flexibility index (Phi) is 6.67. The van der Waals surface area contributed by atoms with Crippen LogP contribution in [-0.2, 0) is 4.79 Å². The quantitative estimate of drug-likeness (QED) is 0.649. The third-order valence-corrected chi connectivity index (χ3v) is 4.12. The molecule has 1 saturated carbocycles. The molecular weight excluding hydrogens is 355 g/mol. The van der Waals surface area contributed by atoms with E-state index in [0.29, 0.717) is 19.4 Å². The van der Waals surface area contributed by atoms with Crippen molar-refractivity contribution in [3.05, 3.63) is 24.0 Å². The molecule has 1 aliphatic carbocycles. The smallest absolute Gasteiger partial charge is 0.387 e. The fourth-order valence-corrected chi connectivity index (χ4v) is 2.81. The van der Waals surface area contributed by atoms with Gasteiger partial charge in [-0.2, -0.15) is 8.78 Å². The highest BCUT2D eigenvalue weighted by atomic mass is 19.3. The molecular formula is C16H20F3N3O4. The Balaban J connectivity index is 1.86. The Morgan fingerprint density at radius 3 is 2.65 bits per heavy atom. The predicted octanol–water partition coefficient (Wildman–Crippen LogP) is 2.49. The molecule has 0 aromatic heterocycles. The van der Waals surface area contributed by atoms with E-state index in [9.17, 15) is 22.8 Å². The molecule has 0 heterocycles. The molecule has 2 amide bonds. The molecule has 1 aliphatic rings. The van der Waals surface area contributed by atoms with Crippen molar-refractivity contribution in [3.8, 4) is 5.75 Å². The molecule has 144 valence electrons. The summed E-state index contributed by atoms with van der Waals surface area (Å²) in [5.74, 6) is -2.16. The van der Waals surface area contributed by atoms with Crippen LogP contribution in [-0.4, -0.2) is 53.8 Å². The van der Waals surface area contributed by atoms with Gasteiger partial charge in [0.15, 0.2) is 5.75 Å². The fraction of sp³-hybridized carbons (Fsp3) is 0.500. The van der Waals surface area contributed by atoms with E-state index in [1.807, 2.05) is 6.92 Å². The van der Waals surface area contributed by atoms with Crippen molar-refractivity contribution in [2.24, 2.45) is 0 Å². The van der Waals surface area contributed by atoms with Crippen molar-refractivity contribution in [3.63, 3.8) is 0 Å². The number of urea groups is 1. The number of aliphatic carboxylic acids is 1. The highest BCUT2D eigenvalue weighted by molar-refractivity contribution is 5.91. The van der Waals surface area contributed by atoms with Gasteiger partial charge in [0.2, 0.25) is 0 Å². The number of carboxylic acid groups (broad SMARTS) is 1. The summed E-state index contributed by atoms with van der Waals surface area (Å²) in [6.45, 7) is -0.777. The third-order valence-electron chi connectivity index (χ3n) is 4.12. The van der Waals surface area contributed by atoms with Crippen LogP contribution in [0.25, 0.3) is 0 Å². The molecule has 0 aliphatic heterocycles. The molecule has 0 atom stereocenters.